The van der Waals surface area contributed by atoms with Crippen LogP contribution in [0.4, 0.5) is 5.82 Å². The number of aromatic nitrogens is 2. The van der Waals surface area contributed by atoms with Crippen LogP contribution in [-0.4, -0.2) is 23.0 Å². The lowest BCUT2D eigenvalue weighted by atomic mass is 9.82. The van der Waals surface area contributed by atoms with Crippen LogP contribution in [0.2, 0.25) is 0 Å². The van der Waals surface area contributed by atoms with E-state index in [4.69, 9.17) is 17.0 Å². The summed E-state index contributed by atoms with van der Waals surface area (Å²) in [6, 6.07) is 7.45. The van der Waals surface area contributed by atoms with Gasteiger partial charge in [0.15, 0.2) is 4.77 Å². The summed E-state index contributed by atoms with van der Waals surface area (Å²) in [5.41, 5.74) is 1.86. The molecule has 2 heterocycles. The van der Waals surface area contributed by atoms with E-state index in [2.05, 4.69) is 31.2 Å². The molecule has 124 valence electrons. The van der Waals surface area contributed by atoms with Crippen LogP contribution >= 0.6 is 28.1 Å². The lowest BCUT2D eigenvalue weighted by Gasteiger charge is -2.28. The maximum Gasteiger partial charge on any atom is 0.336 e. The summed E-state index contributed by atoms with van der Waals surface area (Å²) >= 11 is 8.43. The first-order chi connectivity index (χ1) is 11.4. The van der Waals surface area contributed by atoms with Crippen LogP contribution < -0.4 is 10.9 Å². The van der Waals surface area contributed by atoms with Crippen LogP contribution in [0.1, 0.15) is 24.0 Å². The molecule has 3 N–H and O–H groups in total. The molecular formula is C16H14BrN3O3S. The number of methoxy groups -OCH3 is 1. The minimum absolute atomic E-state index is 0.218. The van der Waals surface area contributed by atoms with Crippen molar-refractivity contribution in [1.82, 2.24) is 9.97 Å². The zero-order valence-corrected chi connectivity index (χ0v) is 15.3. The normalized spacial score (nSPS) is 16.4. The standard InChI is InChI=1S/C16H14BrN3O3S/c1-7-10(15(22)23-2)11(8-3-5-9(17)6-4-8)12-13(18-7)19-16(24)20-14(12)21/h3-6,11H,1-2H3,(H3,18,19,20,21,24)/t11-/m1/s1. The van der Waals surface area contributed by atoms with Crippen LogP contribution in [0.15, 0.2) is 44.8 Å². The molecule has 0 saturated heterocycles. The number of nitrogens with one attached hydrogen (secondary N) is 3. The number of allylic oxidation sites excluding steroid dienone is 1. The lowest BCUT2D eigenvalue weighted by Crippen LogP contribution is -2.30. The molecule has 0 unspecified atom stereocenters. The van der Waals surface area contributed by atoms with Crippen molar-refractivity contribution in [3.05, 3.63) is 66.3 Å². The third-order valence-corrected chi connectivity index (χ3v) is 4.61. The number of anilines is 1. The third kappa shape index (κ3) is 2.83. The average Bonchev–Trinajstić information content (AvgIpc) is 2.53. The Hall–Kier alpha value is -2.19. The molecule has 1 aliphatic rings. The minimum atomic E-state index is -0.558. The summed E-state index contributed by atoms with van der Waals surface area (Å²) in [5, 5.41) is 3.05. The van der Waals surface area contributed by atoms with Gasteiger partial charge in [-0.15, -0.1) is 0 Å². The Labute approximate surface area is 151 Å². The second-order valence-corrected chi connectivity index (χ2v) is 6.66. The largest absolute Gasteiger partial charge is 0.466 e. The Morgan fingerprint density at radius 2 is 1.92 bits per heavy atom. The van der Waals surface area contributed by atoms with Gasteiger partial charge in [0, 0.05) is 10.2 Å². The predicted octanol–water partition coefficient (Wildman–Crippen LogP) is 3.20. The lowest BCUT2D eigenvalue weighted by molar-refractivity contribution is -0.136. The Balaban J connectivity index is 2.31. The molecule has 0 aliphatic carbocycles. The second-order valence-electron chi connectivity index (χ2n) is 5.34. The molecule has 0 saturated carbocycles. The van der Waals surface area contributed by atoms with Crippen molar-refractivity contribution in [1.29, 1.82) is 0 Å². The number of carbonyl (C=O) groups excluding carboxylic acids is 1. The van der Waals surface area contributed by atoms with Crippen molar-refractivity contribution >= 4 is 39.9 Å². The van der Waals surface area contributed by atoms with E-state index in [1.165, 1.54) is 7.11 Å². The van der Waals surface area contributed by atoms with Gasteiger partial charge in [0.1, 0.15) is 5.82 Å². The maximum atomic E-state index is 12.5. The average molecular weight is 408 g/mol. The number of hydrogen-bond donors (Lipinski definition) is 3. The van der Waals surface area contributed by atoms with Crippen LogP contribution in [0.5, 0.6) is 0 Å². The van der Waals surface area contributed by atoms with E-state index >= 15 is 0 Å². The number of ether oxygens (including phenoxy) is 1. The fourth-order valence-electron chi connectivity index (χ4n) is 2.86. The first-order valence-electron chi connectivity index (χ1n) is 7.10. The number of hydrogen-bond acceptors (Lipinski definition) is 5. The molecule has 0 fully saturated rings. The molecule has 1 aromatic carbocycles. The number of carbonyl (C=O) groups is 1. The number of esters is 1. The molecule has 0 amide bonds. The van der Waals surface area contributed by atoms with Crippen LogP contribution in [0, 0.1) is 4.77 Å². The van der Waals surface area contributed by atoms with Gasteiger partial charge >= 0.3 is 5.97 Å². The highest BCUT2D eigenvalue weighted by Gasteiger charge is 2.35. The quantitative estimate of drug-likeness (QED) is 0.525. The summed E-state index contributed by atoms with van der Waals surface area (Å²) in [6.45, 7) is 1.76. The van der Waals surface area contributed by atoms with Gasteiger partial charge in [0.05, 0.1) is 24.2 Å². The van der Waals surface area contributed by atoms with Gasteiger partial charge in [-0.1, -0.05) is 28.1 Å². The Bertz CT molecular complexity index is 960. The molecule has 1 atom stereocenters. The Kier molecular flexibility index (Phi) is 4.42. The first-order valence-corrected chi connectivity index (χ1v) is 8.30. The maximum absolute atomic E-state index is 12.5. The monoisotopic (exact) mass is 407 g/mol. The fraction of sp³-hybridized carbons (Fsp3) is 0.188. The van der Waals surface area contributed by atoms with Crippen LogP contribution in [0.25, 0.3) is 0 Å². The number of halogens is 1. The van der Waals surface area contributed by atoms with E-state index in [-0.39, 0.29) is 10.3 Å². The molecule has 0 spiro atoms. The van der Waals surface area contributed by atoms with E-state index in [1.807, 2.05) is 24.3 Å². The zero-order chi connectivity index (χ0) is 17.4. The van der Waals surface area contributed by atoms with Gasteiger partial charge in [0.25, 0.3) is 5.56 Å². The van der Waals surface area contributed by atoms with E-state index < -0.39 is 11.9 Å². The highest BCUT2D eigenvalue weighted by Crippen LogP contribution is 2.39. The first kappa shape index (κ1) is 16.7. The summed E-state index contributed by atoms with van der Waals surface area (Å²) in [5.74, 6) is -0.556. The van der Waals surface area contributed by atoms with Crippen molar-refractivity contribution in [2.45, 2.75) is 12.8 Å². The zero-order valence-electron chi connectivity index (χ0n) is 12.9. The van der Waals surface area contributed by atoms with E-state index in [9.17, 15) is 9.59 Å². The number of fused-ring (bicyclic) bond motifs is 1. The molecule has 24 heavy (non-hydrogen) atoms. The molecule has 2 aromatic rings. The number of rotatable bonds is 2. The molecule has 6 nitrogen and oxygen atoms in total. The van der Waals surface area contributed by atoms with E-state index in [1.54, 1.807) is 6.92 Å². The van der Waals surface area contributed by atoms with Crippen LogP contribution in [0.3, 0.4) is 0 Å². The van der Waals surface area contributed by atoms with E-state index in [0.29, 0.717) is 22.7 Å². The van der Waals surface area contributed by atoms with Gasteiger partial charge < -0.3 is 15.0 Å². The Morgan fingerprint density at radius 3 is 2.54 bits per heavy atom. The van der Waals surface area contributed by atoms with Gasteiger partial charge in [-0.25, -0.2) is 4.79 Å². The molecular weight excluding hydrogens is 394 g/mol. The molecule has 1 aliphatic heterocycles. The molecule has 1 aromatic heterocycles. The number of benzene rings is 1. The van der Waals surface area contributed by atoms with Crippen molar-refractivity contribution in [2.24, 2.45) is 0 Å². The van der Waals surface area contributed by atoms with Gasteiger partial charge in [-0.05, 0) is 36.8 Å². The molecule has 0 radical (unpaired) electrons. The summed E-state index contributed by atoms with van der Waals surface area (Å²) < 4.78 is 6.05. The summed E-state index contributed by atoms with van der Waals surface area (Å²) in [6.07, 6.45) is 0. The topological polar surface area (TPSA) is 87.0 Å². The number of H-pyrrole nitrogens is 2. The molecule has 0 bridgehead atoms. The molecule has 3 rings (SSSR count). The van der Waals surface area contributed by atoms with Crippen molar-refractivity contribution in [3.63, 3.8) is 0 Å². The highest BCUT2D eigenvalue weighted by atomic mass is 79.9. The van der Waals surface area contributed by atoms with Gasteiger partial charge in [-0.2, -0.15) is 0 Å². The third-order valence-electron chi connectivity index (χ3n) is 3.88. The van der Waals surface area contributed by atoms with Gasteiger partial charge in [0.2, 0.25) is 0 Å². The van der Waals surface area contributed by atoms with Crippen LogP contribution in [-0.2, 0) is 9.53 Å². The summed E-state index contributed by atoms with van der Waals surface area (Å²) in [7, 11) is 1.32. The number of aromatic amines is 2. The fourth-order valence-corrected chi connectivity index (χ4v) is 3.31. The summed E-state index contributed by atoms with van der Waals surface area (Å²) in [4.78, 5) is 30.4. The van der Waals surface area contributed by atoms with Crippen molar-refractivity contribution in [3.8, 4) is 0 Å². The smallest absolute Gasteiger partial charge is 0.336 e. The van der Waals surface area contributed by atoms with E-state index in [0.717, 1.165) is 10.0 Å². The molecule has 8 heteroatoms. The van der Waals surface area contributed by atoms with Gasteiger partial charge in [-0.3, -0.25) is 9.78 Å². The Morgan fingerprint density at radius 1 is 1.25 bits per heavy atom. The van der Waals surface area contributed by atoms with Crippen molar-refractivity contribution in [2.75, 3.05) is 12.4 Å². The van der Waals surface area contributed by atoms with Crippen molar-refractivity contribution < 1.29 is 9.53 Å². The minimum Gasteiger partial charge on any atom is -0.466 e. The predicted molar refractivity (Wildman–Crippen MR) is 96.6 cm³/mol. The SMILES string of the molecule is COC(=O)C1=C(C)Nc2[nH]c(=S)[nH]c(=O)c2[C@@H]1c1ccc(Br)cc1. The highest BCUT2D eigenvalue weighted by molar-refractivity contribution is 9.10. The second kappa shape index (κ2) is 6.37.